The molecular formula is C40H61ClN5O9+. The lowest BCUT2D eigenvalue weighted by molar-refractivity contribution is -0.870. The Morgan fingerprint density at radius 1 is 0.909 bits per heavy atom. The number of phenolic OH excluding ortho intramolecular Hbond substituents is 1. The number of amides is 3. The van der Waals surface area contributed by atoms with Gasteiger partial charge in [0.05, 0.1) is 51.4 Å². The summed E-state index contributed by atoms with van der Waals surface area (Å²) in [6.07, 6.45) is 1.87. The minimum atomic E-state index is -1.11. The number of ketones is 3. The summed E-state index contributed by atoms with van der Waals surface area (Å²) in [4.78, 5) is 80.6. The second kappa shape index (κ2) is 21.8. The van der Waals surface area contributed by atoms with Gasteiger partial charge in [-0.1, -0.05) is 56.9 Å². The fraction of sp³-hybridized carbons (Fsp3) is 0.625. The summed E-state index contributed by atoms with van der Waals surface area (Å²) in [6, 6.07) is 2.70. The average molecular weight is 791 g/mol. The number of nitrogens with one attached hydrogen (secondary N) is 3. The predicted octanol–water partition coefficient (Wildman–Crippen LogP) is 3.96. The molecule has 0 spiro atoms. The first-order valence-electron chi connectivity index (χ1n) is 19.0. The summed E-state index contributed by atoms with van der Waals surface area (Å²) >= 11 is 6.13. The van der Waals surface area contributed by atoms with Crippen molar-refractivity contribution in [1.29, 1.82) is 0 Å². The number of aliphatic hydroxyl groups is 1. The molecule has 5 N–H and O–H groups in total. The molecule has 1 heterocycles. The normalized spacial score (nSPS) is 15.0. The molecule has 55 heavy (non-hydrogen) atoms. The number of carbonyl (C=O) groups excluding carboxylic acids is 6. The van der Waals surface area contributed by atoms with Crippen LogP contribution in [-0.4, -0.2) is 107 Å². The number of Topliss-reactive ketones (excluding diaryl/α,β-unsaturated/α-hetero) is 3. The van der Waals surface area contributed by atoms with Crippen LogP contribution in [0.3, 0.4) is 0 Å². The zero-order valence-corrected chi connectivity index (χ0v) is 34.5. The number of hydrogen-bond donors (Lipinski definition) is 5. The van der Waals surface area contributed by atoms with Crippen molar-refractivity contribution in [2.75, 3.05) is 34.3 Å². The van der Waals surface area contributed by atoms with Gasteiger partial charge in [0.2, 0.25) is 11.8 Å². The molecule has 3 amide bonds. The molecule has 0 aliphatic carbocycles. The van der Waals surface area contributed by atoms with Crippen molar-refractivity contribution in [3.05, 3.63) is 46.3 Å². The van der Waals surface area contributed by atoms with Gasteiger partial charge in [-0.15, -0.1) is 0 Å². The summed E-state index contributed by atoms with van der Waals surface area (Å²) in [5, 5.41) is 31.6. The van der Waals surface area contributed by atoms with Gasteiger partial charge in [0, 0.05) is 30.7 Å². The lowest BCUT2D eigenvalue weighted by atomic mass is 9.84. The summed E-state index contributed by atoms with van der Waals surface area (Å²) in [7, 11) is 6.18. The van der Waals surface area contributed by atoms with Gasteiger partial charge >= 0.3 is 0 Å². The lowest BCUT2D eigenvalue weighted by Gasteiger charge is -2.29. The molecule has 6 atom stereocenters. The van der Waals surface area contributed by atoms with Crippen LogP contribution in [0.25, 0.3) is 0 Å². The molecule has 306 valence electrons. The van der Waals surface area contributed by atoms with Crippen molar-refractivity contribution in [2.24, 2.45) is 23.7 Å². The van der Waals surface area contributed by atoms with Crippen LogP contribution in [0.2, 0.25) is 5.02 Å². The van der Waals surface area contributed by atoms with E-state index in [1.165, 1.54) is 25.1 Å². The Morgan fingerprint density at radius 3 is 2.11 bits per heavy atom. The number of carbonyl (C=O) groups is 6. The standard InChI is InChI=1S/C40H60ClN5O9/c1-10-24(4)37(36(51)20-28(13-11-12-16-46(7,8)9)38(52)43-33(22-47)26(6)48)44-39(53)29(23(2)3)21-35(50)31(19-27-14-15-34(49)30(41)18-27)42-40(54)32-17-25(5)55-45-32/h14-15,17-18,23-24,28-29,31,33,37,47H,10-13,16,19-22H2,1-9H3,(H3-,42,43,44,49,52,53,54)/p+1/t24-,28+,29-,31-,33-,37?/m0/s1. The average Bonchev–Trinajstić information content (AvgIpc) is 3.55. The van der Waals surface area contributed by atoms with Gasteiger partial charge in [0.25, 0.3) is 5.91 Å². The summed E-state index contributed by atoms with van der Waals surface area (Å²) in [6.45, 7) is 10.4. The molecule has 0 bridgehead atoms. The van der Waals surface area contributed by atoms with Crippen molar-refractivity contribution in [1.82, 2.24) is 21.1 Å². The first-order valence-corrected chi connectivity index (χ1v) is 19.3. The maximum Gasteiger partial charge on any atom is 0.274 e. The van der Waals surface area contributed by atoms with Gasteiger partial charge in [-0.05, 0) is 69.1 Å². The van der Waals surface area contributed by atoms with Crippen LogP contribution in [0.15, 0.2) is 28.8 Å². The smallest absolute Gasteiger partial charge is 0.274 e. The van der Waals surface area contributed by atoms with Crippen molar-refractivity contribution in [3.8, 4) is 5.75 Å². The van der Waals surface area contributed by atoms with Crippen LogP contribution in [0, 0.1) is 30.6 Å². The highest BCUT2D eigenvalue weighted by atomic mass is 35.5. The quantitative estimate of drug-likeness (QED) is 0.0765. The molecule has 0 aliphatic rings. The fourth-order valence-corrected chi connectivity index (χ4v) is 6.33. The van der Waals surface area contributed by atoms with E-state index in [4.69, 9.17) is 16.1 Å². The van der Waals surface area contributed by atoms with Crippen molar-refractivity contribution in [2.45, 2.75) is 105 Å². The molecule has 0 aliphatic heterocycles. The first kappa shape index (κ1) is 47.0. The van der Waals surface area contributed by atoms with Gasteiger partial charge in [-0.3, -0.25) is 28.8 Å². The number of aryl methyl sites for hydroxylation is 1. The first-order chi connectivity index (χ1) is 25.7. The van der Waals surface area contributed by atoms with Crippen LogP contribution >= 0.6 is 11.6 Å². The number of nitrogens with zero attached hydrogens (tertiary/aromatic N) is 2. The van der Waals surface area contributed by atoms with Gasteiger partial charge < -0.3 is 35.2 Å². The number of halogens is 1. The van der Waals surface area contributed by atoms with Crippen LogP contribution in [0.5, 0.6) is 5.75 Å². The minimum absolute atomic E-state index is 0.000802. The lowest BCUT2D eigenvalue weighted by Crippen LogP contribution is -2.51. The van der Waals surface area contributed by atoms with E-state index in [1.807, 2.05) is 13.8 Å². The van der Waals surface area contributed by atoms with E-state index in [0.29, 0.717) is 30.6 Å². The van der Waals surface area contributed by atoms with Crippen molar-refractivity contribution >= 4 is 46.7 Å². The van der Waals surface area contributed by atoms with E-state index in [0.717, 1.165) is 17.4 Å². The number of benzene rings is 1. The summed E-state index contributed by atoms with van der Waals surface area (Å²) in [5.74, 6) is -5.01. The molecule has 0 fully saturated rings. The zero-order chi connectivity index (χ0) is 41.6. The number of aliphatic hydroxyl groups excluding tert-OH is 1. The molecule has 0 saturated carbocycles. The number of aromatic hydroxyl groups is 1. The number of phenols is 1. The van der Waals surface area contributed by atoms with E-state index < -0.39 is 65.9 Å². The number of rotatable bonds is 24. The highest BCUT2D eigenvalue weighted by molar-refractivity contribution is 6.32. The maximum absolute atomic E-state index is 14.0. The summed E-state index contributed by atoms with van der Waals surface area (Å²) < 4.78 is 5.75. The minimum Gasteiger partial charge on any atom is -0.506 e. The van der Waals surface area contributed by atoms with Crippen LogP contribution in [0.1, 0.15) is 95.0 Å². The predicted molar refractivity (Wildman–Crippen MR) is 208 cm³/mol. The van der Waals surface area contributed by atoms with Gasteiger partial charge in [0.15, 0.2) is 23.0 Å². The Balaban J connectivity index is 2.33. The van der Waals surface area contributed by atoms with Gasteiger partial charge in [-0.25, -0.2) is 0 Å². The Labute approximate surface area is 329 Å². The highest BCUT2D eigenvalue weighted by Gasteiger charge is 2.36. The molecule has 1 aromatic carbocycles. The Bertz CT molecular complexity index is 1640. The molecule has 2 rings (SSSR count). The van der Waals surface area contributed by atoms with E-state index in [-0.39, 0.29) is 53.3 Å². The second-order valence-corrected chi connectivity index (χ2v) is 16.4. The fourth-order valence-electron chi connectivity index (χ4n) is 6.13. The highest BCUT2D eigenvalue weighted by Crippen LogP contribution is 2.26. The number of hydrogen-bond acceptors (Lipinski definition) is 10. The van der Waals surface area contributed by atoms with Crippen LogP contribution in [-0.2, 0) is 30.4 Å². The molecule has 2 aromatic rings. The van der Waals surface area contributed by atoms with E-state index in [2.05, 4.69) is 42.3 Å². The van der Waals surface area contributed by atoms with Gasteiger partial charge in [0.1, 0.15) is 17.6 Å². The molecule has 1 aromatic heterocycles. The molecule has 0 radical (unpaired) electrons. The molecule has 15 heteroatoms. The van der Waals surface area contributed by atoms with Gasteiger partial charge in [-0.2, -0.15) is 0 Å². The third-order valence-electron chi connectivity index (χ3n) is 9.87. The van der Waals surface area contributed by atoms with E-state index >= 15 is 0 Å². The Morgan fingerprint density at radius 2 is 1.58 bits per heavy atom. The number of unbranched alkanes of at least 4 members (excludes halogenated alkanes) is 1. The number of aromatic nitrogens is 1. The van der Waals surface area contributed by atoms with Crippen LogP contribution < -0.4 is 16.0 Å². The topological polar surface area (TPSA) is 205 Å². The Kier molecular flexibility index (Phi) is 18.7. The molecular weight excluding hydrogens is 730 g/mol. The Hall–Kier alpha value is -4.14. The largest absolute Gasteiger partial charge is 0.506 e. The molecule has 14 nitrogen and oxygen atoms in total. The van der Waals surface area contributed by atoms with Crippen LogP contribution in [0.4, 0.5) is 0 Å². The van der Waals surface area contributed by atoms with E-state index in [1.54, 1.807) is 26.8 Å². The second-order valence-electron chi connectivity index (χ2n) is 16.0. The molecule has 0 saturated heterocycles. The third kappa shape index (κ3) is 15.5. The number of quaternary nitrogens is 1. The monoisotopic (exact) mass is 790 g/mol. The summed E-state index contributed by atoms with van der Waals surface area (Å²) in [5.41, 5.74) is 0.524. The zero-order valence-electron chi connectivity index (χ0n) is 33.7. The third-order valence-corrected chi connectivity index (χ3v) is 10.2. The van der Waals surface area contributed by atoms with Crippen molar-refractivity contribution in [3.63, 3.8) is 0 Å². The van der Waals surface area contributed by atoms with E-state index in [9.17, 15) is 39.0 Å². The molecule has 1 unspecified atom stereocenters. The van der Waals surface area contributed by atoms with Crippen molar-refractivity contribution < 1.29 is 48.0 Å². The SMILES string of the molecule is CC[C@H](C)C(NC(=O)[C@@H](CC(=O)[C@H](Cc1ccc(O)c(Cl)c1)NC(=O)c1cc(C)on1)C(C)C)C(=O)C[C@@H](CCCC[N+](C)(C)C)C(=O)N[C@@H](CO)C(C)=O. The maximum atomic E-state index is 14.0.